The molecule has 0 aromatic heterocycles. The zero-order valence-corrected chi connectivity index (χ0v) is 13.2. The molecule has 17 heavy (non-hydrogen) atoms. The second kappa shape index (κ2) is 6.59. The molecule has 1 aromatic carbocycles. The van der Waals surface area contributed by atoms with Gasteiger partial charge < -0.3 is 10.1 Å². The molecule has 1 unspecified atom stereocenters. The topological polar surface area (TPSA) is 21.3 Å². The van der Waals surface area contributed by atoms with E-state index in [2.05, 4.69) is 61.7 Å². The second-order valence-corrected chi connectivity index (χ2v) is 6.64. The summed E-state index contributed by atoms with van der Waals surface area (Å²) in [7, 11) is 0. The van der Waals surface area contributed by atoms with Gasteiger partial charge in [0.1, 0.15) is 5.75 Å². The second-order valence-electron chi connectivity index (χ2n) is 5.48. The molecule has 1 N–H and O–H groups in total. The van der Waals surface area contributed by atoms with Crippen molar-refractivity contribution in [2.24, 2.45) is 5.92 Å². The minimum Gasteiger partial charge on any atom is -0.492 e. The molecular weight excluding hydrogens is 325 g/mol. The van der Waals surface area contributed by atoms with E-state index >= 15 is 0 Å². The van der Waals surface area contributed by atoms with Gasteiger partial charge in [-0.2, -0.15) is 0 Å². The molecule has 3 heteroatoms. The summed E-state index contributed by atoms with van der Waals surface area (Å²) in [6.07, 6.45) is 0. The van der Waals surface area contributed by atoms with Crippen molar-refractivity contribution in [1.82, 2.24) is 5.32 Å². The van der Waals surface area contributed by atoms with Crippen molar-refractivity contribution in [2.75, 3.05) is 13.2 Å². The molecule has 0 radical (unpaired) electrons. The van der Waals surface area contributed by atoms with Gasteiger partial charge in [0.15, 0.2) is 0 Å². The number of hydrogen-bond donors (Lipinski definition) is 1. The average Bonchev–Trinajstić information content (AvgIpc) is 2.24. The normalized spacial score (nSPS) is 13.5. The van der Waals surface area contributed by atoms with Crippen molar-refractivity contribution in [2.45, 2.75) is 33.2 Å². The van der Waals surface area contributed by atoms with Crippen molar-refractivity contribution >= 4 is 22.6 Å². The molecule has 0 fully saturated rings. The Morgan fingerprint density at radius 1 is 1.29 bits per heavy atom. The molecule has 0 bridgehead atoms. The van der Waals surface area contributed by atoms with Crippen molar-refractivity contribution in [1.29, 1.82) is 0 Å². The lowest BCUT2D eigenvalue weighted by Gasteiger charge is -2.23. The highest BCUT2D eigenvalue weighted by atomic mass is 127. The number of hydrogen-bond acceptors (Lipinski definition) is 2. The predicted octanol–water partition coefficient (Wildman–Crippen LogP) is 3.69. The fourth-order valence-corrected chi connectivity index (χ4v) is 1.88. The van der Waals surface area contributed by atoms with Gasteiger partial charge in [-0.05, 0) is 55.5 Å². The van der Waals surface area contributed by atoms with E-state index in [0.29, 0.717) is 5.92 Å². The molecule has 96 valence electrons. The van der Waals surface area contributed by atoms with E-state index in [-0.39, 0.29) is 5.54 Å². The van der Waals surface area contributed by atoms with Crippen LogP contribution in [-0.4, -0.2) is 18.7 Å². The Bertz CT molecular complexity index is 346. The first-order valence-electron chi connectivity index (χ1n) is 6.01. The highest BCUT2D eigenvalue weighted by molar-refractivity contribution is 14.1. The summed E-state index contributed by atoms with van der Waals surface area (Å²) < 4.78 is 6.98. The lowest BCUT2D eigenvalue weighted by atomic mass is 10.1. The third kappa shape index (κ3) is 6.27. The van der Waals surface area contributed by atoms with E-state index in [1.807, 2.05) is 18.2 Å². The fraction of sp³-hybridized carbons (Fsp3) is 0.571. The third-order valence-corrected chi connectivity index (χ3v) is 3.23. The first kappa shape index (κ1) is 14.8. The highest BCUT2D eigenvalue weighted by Crippen LogP contribution is 2.20. The molecule has 1 aromatic rings. The van der Waals surface area contributed by atoms with Crippen LogP contribution in [0.3, 0.4) is 0 Å². The molecule has 0 saturated carbocycles. The lowest BCUT2D eigenvalue weighted by molar-refractivity contribution is 0.243. The van der Waals surface area contributed by atoms with Gasteiger partial charge in [0.2, 0.25) is 0 Å². The number of ether oxygens (including phenoxy) is 1. The monoisotopic (exact) mass is 347 g/mol. The lowest BCUT2D eigenvalue weighted by Crippen LogP contribution is -2.39. The summed E-state index contributed by atoms with van der Waals surface area (Å²) in [5.74, 6) is 1.49. The number of benzene rings is 1. The predicted molar refractivity (Wildman–Crippen MR) is 81.6 cm³/mol. The number of halogens is 1. The summed E-state index contributed by atoms with van der Waals surface area (Å²) in [6, 6.07) is 8.12. The molecule has 1 atom stereocenters. The Labute approximate surface area is 118 Å². The van der Waals surface area contributed by atoms with E-state index in [9.17, 15) is 0 Å². The summed E-state index contributed by atoms with van der Waals surface area (Å²) in [5, 5.41) is 3.49. The van der Waals surface area contributed by atoms with Crippen LogP contribution in [-0.2, 0) is 0 Å². The van der Waals surface area contributed by atoms with E-state index in [1.165, 1.54) is 3.57 Å². The van der Waals surface area contributed by atoms with Crippen LogP contribution in [0.2, 0.25) is 0 Å². The van der Waals surface area contributed by atoms with E-state index in [0.717, 1.165) is 18.9 Å². The standard InChI is InChI=1S/C14H22INO/c1-11(9-16-14(2,3)4)10-17-13-8-6-5-7-12(13)15/h5-8,11,16H,9-10H2,1-4H3. The van der Waals surface area contributed by atoms with Crippen molar-refractivity contribution in [3.8, 4) is 5.75 Å². The Morgan fingerprint density at radius 3 is 2.53 bits per heavy atom. The number of para-hydroxylation sites is 1. The fourth-order valence-electron chi connectivity index (χ4n) is 1.33. The van der Waals surface area contributed by atoms with Gasteiger partial charge in [-0.25, -0.2) is 0 Å². The van der Waals surface area contributed by atoms with Crippen LogP contribution < -0.4 is 10.1 Å². The first-order chi connectivity index (χ1) is 7.88. The van der Waals surface area contributed by atoms with Crippen LogP contribution in [0.4, 0.5) is 0 Å². The maximum Gasteiger partial charge on any atom is 0.132 e. The molecule has 0 saturated heterocycles. The zero-order chi connectivity index (χ0) is 12.9. The third-order valence-electron chi connectivity index (χ3n) is 2.34. The molecule has 0 aliphatic rings. The van der Waals surface area contributed by atoms with E-state index in [1.54, 1.807) is 0 Å². The summed E-state index contributed by atoms with van der Waals surface area (Å²) in [6.45, 7) is 10.5. The molecule has 0 heterocycles. The van der Waals surface area contributed by atoms with E-state index < -0.39 is 0 Å². The molecule has 0 amide bonds. The van der Waals surface area contributed by atoms with Gasteiger partial charge in [-0.3, -0.25) is 0 Å². The Hall–Kier alpha value is -0.290. The van der Waals surface area contributed by atoms with Gasteiger partial charge in [-0.1, -0.05) is 19.1 Å². The van der Waals surface area contributed by atoms with Gasteiger partial charge in [0.25, 0.3) is 0 Å². The van der Waals surface area contributed by atoms with Crippen LogP contribution >= 0.6 is 22.6 Å². The van der Waals surface area contributed by atoms with Gasteiger partial charge in [0, 0.05) is 18.0 Å². The van der Waals surface area contributed by atoms with Gasteiger partial charge in [-0.15, -0.1) is 0 Å². The van der Waals surface area contributed by atoms with Gasteiger partial charge >= 0.3 is 0 Å². The maximum atomic E-state index is 5.82. The molecule has 1 rings (SSSR count). The summed E-state index contributed by atoms with van der Waals surface area (Å²) in [5.41, 5.74) is 0.176. The van der Waals surface area contributed by atoms with Crippen molar-refractivity contribution in [3.63, 3.8) is 0 Å². The van der Waals surface area contributed by atoms with E-state index in [4.69, 9.17) is 4.74 Å². The first-order valence-corrected chi connectivity index (χ1v) is 7.09. The Balaban J connectivity index is 2.34. The average molecular weight is 347 g/mol. The minimum absolute atomic E-state index is 0.176. The largest absolute Gasteiger partial charge is 0.492 e. The minimum atomic E-state index is 0.176. The number of nitrogens with one attached hydrogen (secondary N) is 1. The molecular formula is C14H22INO. The molecule has 0 aliphatic carbocycles. The SMILES string of the molecule is CC(CNC(C)(C)C)COc1ccccc1I. The summed E-state index contributed by atoms with van der Waals surface area (Å²) >= 11 is 2.30. The highest BCUT2D eigenvalue weighted by Gasteiger charge is 2.11. The van der Waals surface area contributed by atoms with Crippen LogP contribution in [0.1, 0.15) is 27.7 Å². The van der Waals surface area contributed by atoms with Crippen LogP contribution in [0, 0.1) is 9.49 Å². The summed E-state index contributed by atoms with van der Waals surface area (Å²) in [4.78, 5) is 0. The molecule has 0 aliphatic heterocycles. The van der Waals surface area contributed by atoms with Crippen molar-refractivity contribution in [3.05, 3.63) is 27.8 Å². The molecule has 0 spiro atoms. The van der Waals surface area contributed by atoms with Gasteiger partial charge in [0.05, 0.1) is 10.2 Å². The Morgan fingerprint density at radius 2 is 1.94 bits per heavy atom. The van der Waals surface area contributed by atoms with Crippen molar-refractivity contribution < 1.29 is 4.74 Å². The quantitative estimate of drug-likeness (QED) is 0.821. The van der Waals surface area contributed by atoms with Crippen LogP contribution in [0.25, 0.3) is 0 Å². The smallest absolute Gasteiger partial charge is 0.132 e. The van der Waals surface area contributed by atoms with Crippen LogP contribution in [0.15, 0.2) is 24.3 Å². The molecule has 2 nitrogen and oxygen atoms in total. The zero-order valence-electron chi connectivity index (χ0n) is 11.1. The number of rotatable bonds is 5. The Kier molecular flexibility index (Phi) is 5.73. The maximum absolute atomic E-state index is 5.82. The van der Waals surface area contributed by atoms with Crippen LogP contribution in [0.5, 0.6) is 5.75 Å².